The summed E-state index contributed by atoms with van der Waals surface area (Å²) in [6.07, 6.45) is 4.59. The van der Waals surface area contributed by atoms with Crippen molar-refractivity contribution in [1.29, 1.82) is 0 Å². The van der Waals surface area contributed by atoms with E-state index in [0.717, 1.165) is 0 Å². The standard InChI is InChI=1S/C14H13NO4S/c1-19-14(16)15-10-7-8-12(15)13(9-10)20(17,18)11-5-3-2-4-6-11/h2-10,12H,1H3/t10-,12+/m1/s1. The summed E-state index contributed by atoms with van der Waals surface area (Å²) in [5.74, 6) is 0. The number of nitrogens with zero attached hydrogens (tertiary/aromatic N) is 1. The molecule has 0 radical (unpaired) electrons. The molecule has 2 bridgehead atoms. The zero-order valence-electron chi connectivity index (χ0n) is 10.8. The van der Waals surface area contributed by atoms with E-state index in [0.29, 0.717) is 0 Å². The van der Waals surface area contributed by atoms with Gasteiger partial charge in [-0.25, -0.2) is 13.2 Å². The zero-order valence-corrected chi connectivity index (χ0v) is 11.6. The highest BCUT2D eigenvalue weighted by Gasteiger charge is 2.45. The first-order valence-corrected chi connectivity index (χ1v) is 7.60. The van der Waals surface area contributed by atoms with Gasteiger partial charge < -0.3 is 4.74 Å². The van der Waals surface area contributed by atoms with E-state index in [2.05, 4.69) is 0 Å². The van der Waals surface area contributed by atoms with Crippen molar-refractivity contribution < 1.29 is 17.9 Å². The number of hydrogen-bond acceptors (Lipinski definition) is 4. The number of methoxy groups -OCH3 is 1. The molecule has 0 spiro atoms. The number of fused-ring (bicyclic) bond motifs is 2. The minimum Gasteiger partial charge on any atom is -0.453 e. The van der Waals surface area contributed by atoms with Gasteiger partial charge in [0, 0.05) is 0 Å². The van der Waals surface area contributed by atoms with Crippen LogP contribution in [0.15, 0.2) is 58.4 Å². The lowest BCUT2D eigenvalue weighted by Crippen LogP contribution is -2.38. The van der Waals surface area contributed by atoms with E-state index >= 15 is 0 Å². The molecule has 20 heavy (non-hydrogen) atoms. The molecule has 2 atom stereocenters. The highest BCUT2D eigenvalue weighted by atomic mass is 32.2. The topological polar surface area (TPSA) is 63.7 Å². The third-order valence-electron chi connectivity index (χ3n) is 3.49. The normalized spacial score (nSPS) is 23.9. The second-order valence-corrected chi connectivity index (χ2v) is 6.53. The van der Waals surface area contributed by atoms with Crippen molar-refractivity contribution in [2.24, 2.45) is 0 Å². The molecule has 0 fully saturated rings. The van der Waals surface area contributed by atoms with E-state index in [1.807, 2.05) is 0 Å². The second kappa shape index (κ2) is 4.49. The smallest absolute Gasteiger partial charge is 0.411 e. The van der Waals surface area contributed by atoms with Crippen molar-refractivity contribution in [3.05, 3.63) is 53.5 Å². The molecule has 2 aliphatic rings. The minimum absolute atomic E-state index is 0.233. The Kier molecular flexibility index (Phi) is 2.90. The fourth-order valence-electron chi connectivity index (χ4n) is 2.55. The molecule has 3 rings (SSSR count). The molecule has 1 amide bonds. The number of ether oxygens (including phenoxy) is 1. The molecule has 0 saturated heterocycles. The lowest BCUT2D eigenvalue weighted by Gasteiger charge is -2.22. The summed E-state index contributed by atoms with van der Waals surface area (Å²) in [5, 5.41) is 0. The van der Waals surface area contributed by atoms with Gasteiger partial charge in [-0.15, -0.1) is 0 Å². The van der Waals surface area contributed by atoms with Gasteiger partial charge in [-0.1, -0.05) is 30.4 Å². The molecule has 0 saturated carbocycles. The maximum atomic E-state index is 12.6. The molecular weight excluding hydrogens is 278 g/mol. The van der Waals surface area contributed by atoms with Gasteiger partial charge in [0.05, 0.1) is 29.0 Å². The number of hydrogen-bond donors (Lipinski definition) is 0. The largest absolute Gasteiger partial charge is 0.453 e. The summed E-state index contributed by atoms with van der Waals surface area (Å²) < 4.78 is 29.9. The summed E-state index contributed by atoms with van der Waals surface area (Å²) in [4.78, 5) is 13.6. The molecule has 1 aromatic carbocycles. The molecule has 1 aromatic rings. The van der Waals surface area contributed by atoms with Crippen LogP contribution in [0.25, 0.3) is 0 Å². The van der Waals surface area contributed by atoms with Crippen LogP contribution in [0.1, 0.15) is 0 Å². The molecule has 2 aliphatic heterocycles. The average Bonchev–Trinajstić information content (AvgIpc) is 3.05. The van der Waals surface area contributed by atoms with E-state index in [4.69, 9.17) is 4.74 Å². The minimum atomic E-state index is -3.58. The van der Waals surface area contributed by atoms with Crippen LogP contribution in [0.4, 0.5) is 4.79 Å². The van der Waals surface area contributed by atoms with Crippen molar-refractivity contribution in [3.8, 4) is 0 Å². The summed E-state index contributed by atoms with van der Waals surface area (Å²) in [6, 6.07) is 7.29. The number of rotatable bonds is 2. The van der Waals surface area contributed by atoms with E-state index < -0.39 is 22.0 Å². The Balaban J connectivity index is 1.98. The summed E-state index contributed by atoms with van der Waals surface area (Å²) in [5.41, 5.74) is 0. The fraction of sp³-hybridized carbons (Fsp3) is 0.214. The van der Waals surface area contributed by atoms with E-state index in [1.54, 1.807) is 48.6 Å². The maximum absolute atomic E-state index is 12.6. The van der Waals surface area contributed by atoms with Crippen molar-refractivity contribution in [1.82, 2.24) is 4.90 Å². The predicted octanol–water partition coefficient (Wildman–Crippen LogP) is 1.73. The van der Waals surface area contributed by atoms with Gasteiger partial charge >= 0.3 is 6.09 Å². The number of benzene rings is 1. The van der Waals surface area contributed by atoms with E-state index in [-0.39, 0.29) is 15.8 Å². The van der Waals surface area contributed by atoms with Crippen LogP contribution in [-0.2, 0) is 14.6 Å². The van der Waals surface area contributed by atoms with Gasteiger partial charge in [-0.05, 0) is 18.2 Å². The lowest BCUT2D eigenvalue weighted by molar-refractivity contribution is 0.123. The summed E-state index contributed by atoms with van der Waals surface area (Å²) >= 11 is 0. The van der Waals surface area contributed by atoms with Crippen LogP contribution in [-0.4, -0.2) is 38.6 Å². The van der Waals surface area contributed by atoms with Crippen molar-refractivity contribution in [2.75, 3.05) is 7.11 Å². The van der Waals surface area contributed by atoms with E-state index in [1.165, 1.54) is 12.0 Å². The van der Waals surface area contributed by atoms with Gasteiger partial charge in [0.25, 0.3) is 0 Å². The molecule has 5 nitrogen and oxygen atoms in total. The van der Waals surface area contributed by atoms with Gasteiger partial charge in [-0.3, -0.25) is 4.90 Å². The average molecular weight is 291 g/mol. The van der Waals surface area contributed by atoms with Crippen molar-refractivity contribution >= 4 is 15.9 Å². The summed E-state index contributed by atoms with van der Waals surface area (Å²) in [7, 11) is -2.30. The van der Waals surface area contributed by atoms with Gasteiger partial charge in [0.2, 0.25) is 9.84 Å². The number of carbonyl (C=O) groups is 1. The first-order valence-electron chi connectivity index (χ1n) is 6.12. The maximum Gasteiger partial charge on any atom is 0.411 e. The highest BCUT2D eigenvalue weighted by Crippen LogP contribution is 2.37. The first-order chi connectivity index (χ1) is 9.55. The van der Waals surface area contributed by atoms with Crippen LogP contribution in [0.5, 0.6) is 0 Å². The van der Waals surface area contributed by atoms with Crippen LogP contribution in [0.2, 0.25) is 0 Å². The molecule has 0 N–H and O–H groups in total. The zero-order chi connectivity index (χ0) is 14.3. The molecular formula is C14H13NO4S. The van der Waals surface area contributed by atoms with Crippen LogP contribution < -0.4 is 0 Å². The molecule has 104 valence electrons. The van der Waals surface area contributed by atoms with Gasteiger partial charge in [-0.2, -0.15) is 0 Å². The Labute approximate surface area is 117 Å². The van der Waals surface area contributed by atoms with E-state index in [9.17, 15) is 13.2 Å². The first kappa shape index (κ1) is 12.9. The Morgan fingerprint density at radius 2 is 1.90 bits per heavy atom. The Bertz CT molecular complexity index is 706. The third-order valence-corrected chi connectivity index (χ3v) is 5.38. The Morgan fingerprint density at radius 1 is 1.20 bits per heavy atom. The third kappa shape index (κ3) is 1.76. The summed E-state index contributed by atoms with van der Waals surface area (Å²) in [6.45, 7) is 0. The number of carbonyl (C=O) groups excluding carboxylic acids is 1. The SMILES string of the molecule is COC(=O)N1[C@@H]2C=C[C@H]1C(S(=O)(=O)c1ccccc1)=C2. The second-order valence-electron chi connectivity index (χ2n) is 4.58. The monoisotopic (exact) mass is 291 g/mol. The van der Waals surface area contributed by atoms with Crippen LogP contribution in [0.3, 0.4) is 0 Å². The van der Waals surface area contributed by atoms with Gasteiger partial charge in [0.15, 0.2) is 0 Å². The Hall–Kier alpha value is -2.08. The van der Waals surface area contributed by atoms with Crippen LogP contribution in [0, 0.1) is 0 Å². The quantitative estimate of drug-likeness (QED) is 0.779. The molecule has 2 heterocycles. The number of amides is 1. The highest BCUT2D eigenvalue weighted by molar-refractivity contribution is 7.95. The van der Waals surface area contributed by atoms with Crippen molar-refractivity contribution in [3.63, 3.8) is 0 Å². The molecule has 0 unspecified atom stereocenters. The predicted molar refractivity (Wildman–Crippen MR) is 72.7 cm³/mol. The molecule has 6 heteroatoms. The lowest BCUT2D eigenvalue weighted by atomic mass is 10.2. The molecule has 0 aromatic heterocycles. The Morgan fingerprint density at radius 3 is 2.55 bits per heavy atom. The molecule has 0 aliphatic carbocycles. The van der Waals surface area contributed by atoms with Crippen molar-refractivity contribution in [2.45, 2.75) is 17.0 Å². The fourth-order valence-corrected chi connectivity index (χ4v) is 4.17. The van der Waals surface area contributed by atoms with Gasteiger partial charge in [0.1, 0.15) is 0 Å². The number of sulfone groups is 1. The van der Waals surface area contributed by atoms with Crippen LogP contribution >= 0.6 is 0 Å².